The van der Waals surface area contributed by atoms with Crippen molar-refractivity contribution in [1.29, 1.82) is 0 Å². The molecular formula is C35H42F3N5O2. The smallest absolute Gasteiger partial charge is 0.389 e. The van der Waals surface area contributed by atoms with Gasteiger partial charge < -0.3 is 24.4 Å². The third-order valence-corrected chi connectivity index (χ3v) is 8.66. The molecule has 1 aliphatic rings. The SMILES string of the molecule is COc1ccc(C(CCN2CCC(Nc3nc4ccccc4n3CCCC(F)(F)F)CC2)CN(C)C(=O)c2ccccc2)cc1. The highest BCUT2D eigenvalue weighted by Gasteiger charge is 2.27. The van der Waals surface area contributed by atoms with Crippen LogP contribution >= 0.6 is 0 Å². The van der Waals surface area contributed by atoms with Crippen LogP contribution in [0.5, 0.6) is 5.75 Å². The van der Waals surface area contributed by atoms with E-state index in [1.54, 1.807) is 12.0 Å². The van der Waals surface area contributed by atoms with E-state index in [-0.39, 0.29) is 30.8 Å². The summed E-state index contributed by atoms with van der Waals surface area (Å²) in [5.74, 6) is 1.60. The minimum absolute atomic E-state index is 0.00503. The Balaban J connectivity index is 1.19. The molecule has 1 N–H and O–H groups in total. The zero-order valence-corrected chi connectivity index (χ0v) is 26.0. The molecule has 5 rings (SSSR count). The monoisotopic (exact) mass is 621 g/mol. The van der Waals surface area contributed by atoms with Crippen LogP contribution in [0.15, 0.2) is 78.9 Å². The number of alkyl halides is 3. The fourth-order valence-electron chi connectivity index (χ4n) is 6.13. The fourth-order valence-corrected chi connectivity index (χ4v) is 6.13. The number of hydrogen-bond acceptors (Lipinski definition) is 5. The number of aryl methyl sites for hydroxylation is 1. The summed E-state index contributed by atoms with van der Waals surface area (Å²) in [6.45, 7) is 3.56. The van der Waals surface area contributed by atoms with E-state index in [9.17, 15) is 18.0 Å². The number of nitrogens with zero attached hydrogens (tertiary/aromatic N) is 4. The van der Waals surface area contributed by atoms with E-state index in [2.05, 4.69) is 22.3 Å². The van der Waals surface area contributed by atoms with Gasteiger partial charge in [-0.3, -0.25) is 4.79 Å². The Bertz CT molecular complexity index is 1520. The van der Waals surface area contributed by atoms with E-state index < -0.39 is 12.6 Å². The van der Waals surface area contributed by atoms with Gasteiger partial charge in [0, 0.05) is 57.2 Å². The highest BCUT2D eigenvalue weighted by atomic mass is 19.4. The van der Waals surface area contributed by atoms with Gasteiger partial charge in [-0.2, -0.15) is 13.2 Å². The Morgan fingerprint density at radius 2 is 1.69 bits per heavy atom. The molecule has 1 aliphatic heterocycles. The number of methoxy groups -OCH3 is 1. The summed E-state index contributed by atoms with van der Waals surface area (Å²) in [4.78, 5) is 22.1. The predicted octanol–water partition coefficient (Wildman–Crippen LogP) is 7.21. The summed E-state index contributed by atoms with van der Waals surface area (Å²) in [5, 5.41) is 3.55. The molecule has 10 heteroatoms. The molecule has 1 amide bonds. The molecule has 1 atom stereocenters. The van der Waals surface area contributed by atoms with E-state index in [1.807, 2.05) is 78.3 Å². The molecule has 0 radical (unpaired) electrons. The highest BCUT2D eigenvalue weighted by Crippen LogP contribution is 2.28. The van der Waals surface area contributed by atoms with Crippen LogP contribution in [0.3, 0.4) is 0 Å². The predicted molar refractivity (Wildman–Crippen MR) is 172 cm³/mol. The number of carbonyl (C=O) groups is 1. The number of fused-ring (bicyclic) bond motifs is 1. The van der Waals surface area contributed by atoms with Gasteiger partial charge in [-0.25, -0.2) is 4.98 Å². The maximum Gasteiger partial charge on any atom is 0.389 e. The van der Waals surface area contributed by atoms with Crippen molar-refractivity contribution in [3.8, 4) is 5.75 Å². The second-order valence-corrected chi connectivity index (χ2v) is 11.9. The van der Waals surface area contributed by atoms with Gasteiger partial charge in [0.25, 0.3) is 5.91 Å². The van der Waals surface area contributed by atoms with Gasteiger partial charge >= 0.3 is 6.18 Å². The lowest BCUT2D eigenvalue weighted by Crippen LogP contribution is -2.40. The lowest BCUT2D eigenvalue weighted by Gasteiger charge is -2.34. The third-order valence-electron chi connectivity index (χ3n) is 8.66. The minimum atomic E-state index is -4.17. The number of carbonyl (C=O) groups excluding carboxylic acids is 1. The number of benzene rings is 3. The summed E-state index contributed by atoms with van der Waals surface area (Å²) in [6.07, 6.45) is -2.26. The molecule has 45 heavy (non-hydrogen) atoms. The lowest BCUT2D eigenvalue weighted by atomic mass is 9.94. The molecule has 7 nitrogen and oxygen atoms in total. The van der Waals surface area contributed by atoms with Crippen molar-refractivity contribution in [3.63, 3.8) is 0 Å². The maximum atomic E-state index is 13.1. The van der Waals surface area contributed by atoms with E-state index >= 15 is 0 Å². The van der Waals surface area contributed by atoms with Crippen LogP contribution in [0.4, 0.5) is 19.1 Å². The first-order valence-electron chi connectivity index (χ1n) is 15.7. The molecule has 4 aromatic rings. The molecule has 0 bridgehead atoms. The summed E-state index contributed by atoms with van der Waals surface area (Å²) in [6, 6.07) is 25.2. The number of imidazole rings is 1. The molecule has 2 heterocycles. The molecule has 1 saturated heterocycles. The third kappa shape index (κ3) is 8.78. The first-order valence-corrected chi connectivity index (χ1v) is 15.7. The summed E-state index contributed by atoms with van der Waals surface area (Å²) < 4.78 is 45.8. The number of para-hydroxylation sites is 2. The van der Waals surface area contributed by atoms with E-state index in [4.69, 9.17) is 9.72 Å². The number of hydrogen-bond donors (Lipinski definition) is 1. The summed E-state index contributed by atoms with van der Waals surface area (Å²) in [7, 11) is 3.51. The van der Waals surface area contributed by atoms with Crippen molar-refractivity contribution in [2.75, 3.05) is 45.7 Å². The van der Waals surface area contributed by atoms with Crippen LogP contribution < -0.4 is 10.1 Å². The van der Waals surface area contributed by atoms with Crippen molar-refractivity contribution >= 4 is 22.9 Å². The van der Waals surface area contributed by atoms with Crippen LogP contribution in [0.2, 0.25) is 0 Å². The van der Waals surface area contributed by atoms with Gasteiger partial charge in [-0.05, 0) is 74.2 Å². The molecule has 0 spiro atoms. The van der Waals surface area contributed by atoms with Gasteiger partial charge in [-0.15, -0.1) is 0 Å². The number of aromatic nitrogens is 2. The molecule has 0 saturated carbocycles. The number of piperidine rings is 1. The molecule has 1 aromatic heterocycles. The first kappa shape index (κ1) is 32.3. The van der Waals surface area contributed by atoms with Crippen LogP contribution in [0.25, 0.3) is 11.0 Å². The molecule has 1 unspecified atom stereocenters. The second-order valence-electron chi connectivity index (χ2n) is 11.9. The van der Waals surface area contributed by atoms with E-state index in [0.29, 0.717) is 18.1 Å². The van der Waals surface area contributed by atoms with Gasteiger partial charge in [0.1, 0.15) is 5.75 Å². The van der Waals surface area contributed by atoms with Crippen molar-refractivity contribution in [2.24, 2.45) is 0 Å². The quantitative estimate of drug-likeness (QED) is 0.171. The number of ether oxygens (including phenoxy) is 1. The van der Waals surface area contributed by atoms with Gasteiger partial charge in [-0.1, -0.05) is 42.5 Å². The number of likely N-dealkylation sites (tertiary alicyclic amines) is 1. The molecular weight excluding hydrogens is 579 g/mol. The van der Waals surface area contributed by atoms with Gasteiger partial charge in [0.15, 0.2) is 0 Å². The van der Waals surface area contributed by atoms with Crippen LogP contribution in [0, 0.1) is 0 Å². The van der Waals surface area contributed by atoms with Gasteiger partial charge in [0.05, 0.1) is 18.1 Å². The fraction of sp³-hybridized carbons (Fsp3) is 0.429. The average Bonchev–Trinajstić information content (AvgIpc) is 3.39. The number of likely N-dealkylation sites (N-methyl/N-ethyl adjacent to an activating group) is 1. The first-order chi connectivity index (χ1) is 21.7. The largest absolute Gasteiger partial charge is 0.497 e. The molecule has 0 aliphatic carbocycles. The topological polar surface area (TPSA) is 62.6 Å². The maximum absolute atomic E-state index is 13.1. The Morgan fingerprint density at radius 3 is 2.38 bits per heavy atom. The highest BCUT2D eigenvalue weighted by molar-refractivity contribution is 5.94. The van der Waals surface area contributed by atoms with Crippen molar-refractivity contribution in [1.82, 2.24) is 19.4 Å². The number of amides is 1. The van der Waals surface area contributed by atoms with Crippen molar-refractivity contribution < 1.29 is 22.7 Å². The average molecular weight is 622 g/mol. The normalized spacial score (nSPS) is 15.2. The zero-order chi connectivity index (χ0) is 31.8. The van der Waals surface area contributed by atoms with Crippen LogP contribution in [-0.2, 0) is 6.54 Å². The van der Waals surface area contributed by atoms with Crippen LogP contribution in [0.1, 0.15) is 53.9 Å². The van der Waals surface area contributed by atoms with Crippen molar-refractivity contribution in [3.05, 3.63) is 90.0 Å². The standard InChI is InChI=1S/C35H42F3N5O2/c1-41(33(44)27-9-4-3-5-10-27)25-28(26-13-15-30(45-2)16-14-26)17-22-42-23-18-29(19-24-42)39-34-40-31-11-6-7-12-32(31)43(34)21-8-20-35(36,37)38/h3-7,9-16,28-29H,8,17-25H2,1-2H3,(H,39,40). The number of rotatable bonds is 13. The molecule has 1 fully saturated rings. The Hall–Kier alpha value is -4.05. The Morgan fingerprint density at radius 1 is 1.00 bits per heavy atom. The molecule has 3 aromatic carbocycles. The minimum Gasteiger partial charge on any atom is -0.497 e. The number of nitrogens with one attached hydrogen (secondary N) is 1. The number of anilines is 1. The Kier molecular flexibility index (Phi) is 10.7. The zero-order valence-electron chi connectivity index (χ0n) is 26.0. The number of halogens is 3. The van der Waals surface area contributed by atoms with E-state index in [1.165, 1.54) is 5.56 Å². The van der Waals surface area contributed by atoms with Crippen molar-refractivity contribution in [2.45, 2.75) is 56.8 Å². The van der Waals surface area contributed by atoms with Crippen LogP contribution in [-0.4, -0.2) is 77.8 Å². The lowest BCUT2D eigenvalue weighted by molar-refractivity contribution is -0.135. The summed E-state index contributed by atoms with van der Waals surface area (Å²) >= 11 is 0. The van der Waals surface area contributed by atoms with E-state index in [0.717, 1.165) is 55.7 Å². The Labute approximate surface area is 263 Å². The molecule has 240 valence electrons. The van der Waals surface area contributed by atoms with Gasteiger partial charge in [0.2, 0.25) is 5.95 Å². The summed E-state index contributed by atoms with van der Waals surface area (Å²) in [5.41, 5.74) is 3.48. The second kappa shape index (κ2) is 14.8.